The first-order chi connectivity index (χ1) is 11.2. The Morgan fingerprint density at radius 3 is 2.57 bits per heavy atom. The summed E-state index contributed by atoms with van der Waals surface area (Å²) in [6.07, 6.45) is 7.09. The van der Waals surface area contributed by atoms with E-state index in [0.29, 0.717) is 19.6 Å². The van der Waals surface area contributed by atoms with Gasteiger partial charge in [0.1, 0.15) is 0 Å². The van der Waals surface area contributed by atoms with Crippen LogP contribution in [0, 0.1) is 0 Å². The molecule has 23 heavy (non-hydrogen) atoms. The van der Waals surface area contributed by atoms with Gasteiger partial charge in [-0.05, 0) is 19.1 Å². The van der Waals surface area contributed by atoms with Crippen molar-refractivity contribution in [2.75, 3.05) is 31.1 Å². The number of hydrogen-bond donors (Lipinski definition) is 1. The molecule has 0 unspecified atom stereocenters. The number of aromatic nitrogens is 4. The second-order valence-electron chi connectivity index (χ2n) is 5.60. The van der Waals surface area contributed by atoms with Crippen molar-refractivity contribution in [3.05, 3.63) is 36.9 Å². The van der Waals surface area contributed by atoms with E-state index in [4.69, 9.17) is 0 Å². The van der Waals surface area contributed by atoms with Crippen molar-refractivity contribution >= 4 is 12.0 Å². The lowest BCUT2D eigenvalue weighted by atomic mass is 10.3. The minimum Gasteiger partial charge on any atom is -0.337 e. The van der Waals surface area contributed by atoms with Crippen molar-refractivity contribution in [3.63, 3.8) is 0 Å². The smallest absolute Gasteiger partial charge is 0.317 e. The van der Waals surface area contributed by atoms with Gasteiger partial charge in [0, 0.05) is 57.0 Å². The number of carbonyl (C=O) groups is 1. The fraction of sp³-hybridized carbons (Fsp3) is 0.467. The summed E-state index contributed by atoms with van der Waals surface area (Å²) in [5, 5.41) is 7.17. The van der Waals surface area contributed by atoms with Gasteiger partial charge in [-0.15, -0.1) is 0 Å². The highest BCUT2D eigenvalue weighted by Crippen LogP contribution is 2.09. The van der Waals surface area contributed by atoms with Crippen molar-refractivity contribution in [3.8, 4) is 0 Å². The molecular weight excluding hydrogens is 294 g/mol. The first kappa shape index (κ1) is 15.3. The van der Waals surface area contributed by atoms with Gasteiger partial charge < -0.3 is 15.1 Å². The SMILES string of the molecule is C[C@H](Cn1cccn1)NC(=O)N1CCN(c2ncccn2)CC1. The summed E-state index contributed by atoms with van der Waals surface area (Å²) in [6, 6.07) is 3.67. The van der Waals surface area contributed by atoms with Crippen LogP contribution in [-0.4, -0.2) is 62.9 Å². The third-order valence-corrected chi connectivity index (χ3v) is 3.79. The maximum Gasteiger partial charge on any atom is 0.317 e. The highest BCUT2D eigenvalue weighted by molar-refractivity contribution is 5.74. The molecular formula is C15H21N7O. The van der Waals surface area contributed by atoms with Crippen LogP contribution in [0.4, 0.5) is 10.7 Å². The van der Waals surface area contributed by atoms with E-state index in [2.05, 4.69) is 25.3 Å². The Labute approximate surface area is 135 Å². The van der Waals surface area contributed by atoms with E-state index in [9.17, 15) is 4.79 Å². The number of amides is 2. The fourth-order valence-electron chi connectivity index (χ4n) is 2.60. The topological polar surface area (TPSA) is 79.2 Å². The molecule has 1 aliphatic heterocycles. The Morgan fingerprint density at radius 2 is 1.91 bits per heavy atom. The molecule has 0 bridgehead atoms. The number of urea groups is 1. The summed E-state index contributed by atoms with van der Waals surface area (Å²) in [6.45, 7) is 5.46. The number of anilines is 1. The van der Waals surface area contributed by atoms with Gasteiger partial charge >= 0.3 is 6.03 Å². The van der Waals surface area contributed by atoms with Crippen LogP contribution in [-0.2, 0) is 6.54 Å². The monoisotopic (exact) mass is 315 g/mol. The van der Waals surface area contributed by atoms with E-state index in [-0.39, 0.29) is 12.1 Å². The zero-order valence-corrected chi connectivity index (χ0v) is 13.2. The van der Waals surface area contributed by atoms with Gasteiger partial charge in [-0.3, -0.25) is 4.68 Å². The minimum absolute atomic E-state index is 0.0258. The molecule has 0 radical (unpaired) electrons. The van der Waals surface area contributed by atoms with Crippen LogP contribution in [0.25, 0.3) is 0 Å². The Kier molecular flexibility index (Phi) is 4.70. The van der Waals surface area contributed by atoms with Gasteiger partial charge in [0.15, 0.2) is 0 Å². The normalized spacial score (nSPS) is 16.2. The van der Waals surface area contributed by atoms with Crippen molar-refractivity contribution in [2.45, 2.75) is 19.5 Å². The van der Waals surface area contributed by atoms with E-state index < -0.39 is 0 Å². The third-order valence-electron chi connectivity index (χ3n) is 3.79. The van der Waals surface area contributed by atoms with E-state index in [1.807, 2.05) is 28.8 Å². The molecule has 0 saturated carbocycles. The van der Waals surface area contributed by atoms with Crippen molar-refractivity contribution in [1.82, 2.24) is 30.0 Å². The second-order valence-corrected chi connectivity index (χ2v) is 5.60. The maximum absolute atomic E-state index is 12.3. The number of rotatable bonds is 4. The average Bonchev–Trinajstić information content (AvgIpc) is 3.08. The van der Waals surface area contributed by atoms with Crippen molar-refractivity contribution in [2.24, 2.45) is 0 Å². The van der Waals surface area contributed by atoms with Crippen molar-refractivity contribution < 1.29 is 4.79 Å². The first-order valence-electron chi connectivity index (χ1n) is 7.77. The minimum atomic E-state index is -0.0294. The first-order valence-corrected chi connectivity index (χ1v) is 7.77. The average molecular weight is 315 g/mol. The molecule has 2 aromatic rings. The quantitative estimate of drug-likeness (QED) is 0.893. The van der Waals surface area contributed by atoms with Crippen LogP contribution in [0.3, 0.4) is 0 Å². The Hall–Kier alpha value is -2.64. The molecule has 122 valence electrons. The highest BCUT2D eigenvalue weighted by Gasteiger charge is 2.23. The van der Waals surface area contributed by atoms with Gasteiger partial charge in [-0.25, -0.2) is 14.8 Å². The molecule has 1 fully saturated rings. The van der Waals surface area contributed by atoms with Gasteiger partial charge in [-0.2, -0.15) is 5.10 Å². The molecule has 1 N–H and O–H groups in total. The third kappa shape index (κ3) is 3.97. The highest BCUT2D eigenvalue weighted by atomic mass is 16.2. The molecule has 0 aromatic carbocycles. The van der Waals surface area contributed by atoms with Crippen LogP contribution < -0.4 is 10.2 Å². The largest absolute Gasteiger partial charge is 0.337 e. The molecule has 8 nitrogen and oxygen atoms in total. The predicted octanol–water partition coefficient (Wildman–Crippen LogP) is 0.593. The summed E-state index contributed by atoms with van der Waals surface area (Å²) in [5.74, 6) is 0.722. The van der Waals surface area contributed by atoms with E-state index in [1.54, 1.807) is 24.7 Å². The van der Waals surface area contributed by atoms with Crippen molar-refractivity contribution in [1.29, 1.82) is 0 Å². The van der Waals surface area contributed by atoms with Gasteiger partial charge in [0.05, 0.1) is 6.54 Å². The molecule has 2 aromatic heterocycles. The zero-order chi connectivity index (χ0) is 16.1. The van der Waals surface area contributed by atoms with E-state index >= 15 is 0 Å². The number of nitrogens with one attached hydrogen (secondary N) is 1. The van der Waals surface area contributed by atoms with Crippen LogP contribution in [0.5, 0.6) is 0 Å². The molecule has 1 aliphatic rings. The van der Waals surface area contributed by atoms with Crippen LogP contribution in [0.2, 0.25) is 0 Å². The van der Waals surface area contributed by atoms with E-state index in [1.165, 1.54) is 0 Å². The molecule has 2 amide bonds. The predicted molar refractivity (Wildman–Crippen MR) is 86.0 cm³/mol. The van der Waals surface area contributed by atoms with Crippen LogP contribution in [0.15, 0.2) is 36.9 Å². The lowest BCUT2D eigenvalue weighted by Gasteiger charge is -2.35. The summed E-state index contributed by atoms with van der Waals surface area (Å²) in [5.41, 5.74) is 0. The molecule has 3 heterocycles. The van der Waals surface area contributed by atoms with Gasteiger partial charge in [-0.1, -0.05) is 0 Å². The number of hydrogen-bond acceptors (Lipinski definition) is 5. The lowest BCUT2D eigenvalue weighted by Crippen LogP contribution is -2.53. The molecule has 0 aliphatic carbocycles. The number of nitrogens with zero attached hydrogens (tertiary/aromatic N) is 6. The van der Waals surface area contributed by atoms with Crippen LogP contribution in [0.1, 0.15) is 6.92 Å². The molecule has 8 heteroatoms. The number of piperazine rings is 1. The maximum atomic E-state index is 12.3. The Balaban J connectivity index is 1.46. The summed E-state index contributed by atoms with van der Waals surface area (Å²) < 4.78 is 1.82. The Morgan fingerprint density at radius 1 is 1.17 bits per heavy atom. The summed E-state index contributed by atoms with van der Waals surface area (Å²) in [4.78, 5) is 24.7. The number of carbonyl (C=O) groups excluding carboxylic acids is 1. The standard InChI is InChI=1S/C15H21N7O/c1-13(12-22-7-3-6-18-22)19-15(23)21-10-8-20(9-11-21)14-16-4-2-5-17-14/h2-7,13H,8-12H2,1H3,(H,19,23)/t13-/m1/s1. The molecule has 1 saturated heterocycles. The summed E-state index contributed by atoms with van der Waals surface area (Å²) >= 11 is 0. The van der Waals surface area contributed by atoms with Crippen LogP contribution >= 0.6 is 0 Å². The second kappa shape index (κ2) is 7.08. The Bertz CT molecular complexity index is 608. The fourth-order valence-corrected chi connectivity index (χ4v) is 2.60. The summed E-state index contributed by atoms with van der Waals surface area (Å²) in [7, 11) is 0. The van der Waals surface area contributed by atoms with Gasteiger partial charge in [0.25, 0.3) is 0 Å². The molecule has 3 rings (SSSR count). The zero-order valence-electron chi connectivity index (χ0n) is 13.2. The molecule has 1 atom stereocenters. The van der Waals surface area contributed by atoms with E-state index in [0.717, 1.165) is 19.0 Å². The lowest BCUT2D eigenvalue weighted by molar-refractivity contribution is 0.189. The molecule has 0 spiro atoms. The van der Waals surface area contributed by atoms with Gasteiger partial charge in [0.2, 0.25) is 5.95 Å².